The van der Waals surface area contributed by atoms with Crippen molar-refractivity contribution in [2.24, 2.45) is 0 Å². The van der Waals surface area contributed by atoms with E-state index in [1.165, 1.54) is 28.7 Å². The molecular formula is C20H18ClF2N3O3S. The Kier molecular flexibility index (Phi) is 5.63. The largest absolute Gasteiger partial charge is 0.393 e. The third-order valence-corrected chi connectivity index (χ3v) is 7.41. The molecule has 1 aliphatic rings. The first-order valence-electron chi connectivity index (χ1n) is 9.24. The van der Waals surface area contributed by atoms with Crippen LogP contribution in [0.1, 0.15) is 12.8 Å². The summed E-state index contributed by atoms with van der Waals surface area (Å²) < 4.78 is 54.6. The molecule has 0 amide bonds. The predicted molar refractivity (Wildman–Crippen MR) is 108 cm³/mol. The molecule has 30 heavy (non-hydrogen) atoms. The molecule has 10 heteroatoms. The van der Waals surface area contributed by atoms with Gasteiger partial charge in [0.25, 0.3) is 0 Å². The van der Waals surface area contributed by atoms with E-state index in [1.807, 2.05) is 0 Å². The number of imidazole rings is 1. The number of halogens is 3. The number of nitrogens with zero attached hydrogens (tertiary/aromatic N) is 2. The van der Waals surface area contributed by atoms with Gasteiger partial charge in [-0.05, 0) is 43.2 Å². The zero-order valence-corrected chi connectivity index (χ0v) is 17.2. The lowest BCUT2D eigenvalue weighted by Crippen LogP contribution is -2.40. The Balaban J connectivity index is 1.68. The first-order valence-corrected chi connectivity index (χ1v) is 11.1. The molecule has 0 spiro atoms. The smallest absolute Gasteiger partial charge is 0.244 e. The van der Waals surface area contributed by atoms with Gasteiger partial charge in [-0.15, -0.1) is 0 Å². The minimum Gasteiger partial charge on any atom is -0.393 e. The van der Waals surface area contributed by atoms with E-state index in [2.05, 4.69) is 9.97 Å². The molecule has 3 aromatic rings. The van der Waals surface area contributed by atoms with Crippen LogP contribution in [0.2, 0.25) is 5.02 Å². The van der Waals surface area contributed by atoms with E-state index in [1.54, 1.807) is 6.07 Å². The number of sulfonamides is 1. The number of nitrogens with one attached hydrogen (secondary N) is 1. The molecule has 6 nitrogen and oxygen atoms in total. The fourth-order valence-corrected chi connectivity index (χ4v) is 5.34. The molecule has 0 saturated carbocycles. The topological polar surface area (TPSA) is 86.3 Å². The number of aromatic amines is 1. The highest BCUT2D eigenvalue weighted by Gasteiger charge is 2.30. The number of piperidine rings is 1. The fraction of sp³-hybridized carbons (Fsp3) is 0.250. The van der Waals surface area contributed by atoms with Crippen LogP contribution in [0.25, 0.3) is 22.6 Å². The van der Waals surface area contributed by atoms with Gasteiger partial charge in [-0.1, -0.05) is 11.6 Å². The fourth-order valence-electron chi connectivity index (χ4n) is 3.37. The first-order chi connectivity index (χ1) is 14.3. The second-order valence-electron chi connectivity index (χ2n) is 7.04. The predicted octanol–water partition coefficient (Wildman–Crippen LogP) is 3.82. The summed E-state index contributed by atoms with van der Waals surface area (Å²) in [5.41, 5.74) is 0.822. The van der Waals surface area contributed by atoms with Crippen LogP contribution >= 0.6 is 11.6 Å². The average molecular weight is 454 g/mol. The lowest BCUT2D eigenvalue weighted by Gasteiger charge is -2.29. The Hall–Kier alpha value is -2.33. The highest BCUT2D eigenvalue weighted by molar-refractivity contribution is 7.89. The summed E-state index contributed by atoms with van der Waals surface area (Å²) >= 11 is 6.18. The summed E-state index contributed by atoms with van der Waals surface area (Å²) in [5, 5.41) is 9.70. The van der Waals surface area contributed by atoms with E-state index in [0.29, 0.717) is 24.2 Å². The highest BCUT2D eigenvalue weighted by Crippen LogP contribution is 2.32. The molecule has 2 heterocycles. The quantitative estimate of drug-likeness (QED) is 0.628. The van der Waals surface area contributed by atoms with Crippen LogP contribution < -0.4 is 0 Å². The Morgan fingerprint density at radius 1 is 1.13 bits per heavy atom. The maximum atomic E-state index is 14.0. The Morgan fingerprint density at radius 3 is 2.57 bits per heavy atom. The Bertz CT molecular complexity index is 1190. The van der Waals surface area contributed by atoms with Crippen molar-refractivity contribution < 1.29 is 22.3 Å². The van der Waals surface area contributed by atoms with Crippen molar-refractivity contribution in [2.45, 2.75) is 23.8 Å². The molecule has 158 valence electrons. The molecule has 1 aromatic heterocycles. The number of H-pyrrole nitrogens is 1. The number of aromatic nitrogens is 2. The van der Waals surface area contributed by atoms with Crippen molar-refractivity contribution in [3.63, 3.8) is 0 Å². The van der Waals surface area contributed by atoms with E-state index < -0.39 is 27.8 Å². The van der Waals surface area contributed by atoms with Gasteiger partial charge in [0, 0.05) is 36.5 Å². The SMILES string of the molecule is O=S(=O)(c1cc(-c2nc(-c3ccc(F)cc3F)c[nH]2)ccc1Cl)N1CCC(O)CC1. The molecule has 0 atom stereocenters. The van der Waals surface area contributed by atoms with Crippen molar-refractivity contribution in [3.8, 4) is 22.6 Å². The molecule has 2 aromatic carbocycles. The van der Waals surface area contributed by atoms with Crippen molar-refractivity contribution >= 4 is 21.6 Å². The standard InChI is InChI=1S/C20H18ClF2N3O3S/c21-16-4-1-12(9-19(16)30(28,29)26-7-5-14(27)6-8-26)20-24-11-18(25-20)15-3-2-13(22)10-17(15)23/h1-4,9-11,14,27H,5-8H2,(H,24,25). The van der Waals surface area contributed by atoms with Gasteiger partial charge >= 0.3 is 0 Å². The number of benzene rings is 2. The molecule has 0 bridgehead atoms. The normalized spacial score (nSPS) is 16.1. The minimum atomic E-state index is -3.86. The lowest BCUT2D eigenvalue weighted by atomic mass is 10.1. The van der Waals surface area contributed by atoms with E-state index >= 15 is 0 Å². The minimum absolute atomic E-state index is 0.0658. The van der Waals surface area contributed by atoms with Gasteiger partial charge in [-0.25, -0.2) is 22.2 Å². The molecule has 1 aliphatic heterocycles. The number of aliphatic hydroxyl groups is 1. The molecule has 0 aliphatic carbocycles. The van der Waals surface area contributed by atoms with E-state index in [9.17, 15) is 22.3 Å². The molecule has 0 radical (unpaired) electrons. The lowest BCUT2D eigenvalue weighted by molar-refractivity contribution is 0.113. The zero-order valence-electron chi connectivity index (χ0n) is 15.6. The summed E-state index contributed by atoms with van der Waals surface area (Å²) in [6.07, 6.45) is 1.68. The number of rotatable bonds is 4. The van der Waals surface area contributed by atoms with Crippen molar-refractivity contribution in [3.05, 3.63) is 59.3 Å². The number of hydrogen-bond acceptors (Lipinski definition) is 4. The third-order valence-electron chi connectivity index (χ3n) is 5.03. The number of hydrogen-bond donors (Lipinski definition) is 2. The van der Waals surface area contributed by atoms with Crippen molar-refractivity contribution in [1.29, 1.82) is 0 Å². The van der Waals surface area contributed by atoms with Gasteiger partial charge in [-0.3, -0.25) is 0 Å². The van der Waals surface area contributed by atoms with E-state index in [-0.39, 0.29) is 34.3 Å². The molecular weight excluding hydrogens is 436 g/mol. The van der Waals surface area contributed by atoms with Crippen LogP contribution in [0.15, 0.2) is 47.5 Å². The Morgan fingerprint density at radius 2 is 1.87 bits per heavy atom. The van der Waals surface area contributed by atoms with Crippen LogP contribution in [0.5, 0.6) is 0 Å². The molecule has 2 N–H and O–H groups in total. The van der Waals surface area contributed by atoms with E-state index in [0.717, 1.165) is 12.1 Å². The maximum Gasteiger partial charge on any atom is 0.244 e. The van der Waals surface area contributed by atoms with Crippen LogP contribution in [0, 0.1) is 11.6 Å². The Labute approximate surface area is 177 Å². The molecule has 1 saturated heterocycles. The second-order valence-corrected chi connectivity index (χ2v) is 9.35. The van der Waals surface area contributed by atoms with Crippen molar-refractivity contribution in [2.75, 3.05) is 13.1 Å². The van der Waals surface area contributed by atoms with Crippen LogP contribution in [-0.4, -0.2) is 47.0 Å². The molecule has 1 fully saturated rings. The summed E-state index contributed by atoms with van der Waals surface area (Å²) in [4.78, 5) is 7.14. The highest BCUT2D eigenvalue weighted by atomic mass is 35.5. The molecule has 4 rings (SSSR count). The average Bonchev–Trinajstić information content (AvgIpc) is 3.18. The van der Waals surface area contributed by atoms with Gasteiger partial charge in [0.05, 0.1) is 16.8 Å². The summed E-state index contributed by atoms with van der Waals surface area (Å²) in [5.74, 6) is -1.12. The monoisotopic (exact) mass is 453 g/mol. The second kappa shape index (κ2) is 8.07. The summed E-state index contributed by atoms with van der Waals surface area (Å²) in [6.45, 7) is 0.414. The van der Waals surface area contributed by atoms with E-state index in [4.69, 9.17) is 11.6 Å². The van der Waals surface area contributed by atoms with Crippen LogP contribution in [0.4, 0.5) is 8.78 Å². The first kappa shape index (κ1) is 20.9. The third kappa shape index (κ3) is 3.98. The van der Waals surface area contributed by atoms with Gasteiger partial charge in [0.1, 0.15) is 22.4 Å². The maximum absolute atomic E-state index is 14.0. The van der Waals surface area contributed by atoms with Gasteiger partial charge < -0.3 is 10.1 Å². The summed E-state index contributed by atoms with van der Waals surface area (Å²) in [7, 11) is -3.86. The van der Waals surface area contributed by atoms with Gasteiger partial charge in [0.2, 0.25) is 10.0 Å². The van der Waals surface area contributed by atoms with Gasteiger partial charge in [0.15, 0.2) is 0 Å². The van der Waals surface area contributed by atoms with Crippen LogP contribution in [0.3, 0.4) is 0 Å². The number of aliphatic hydroxyl groups excluding tert-OH is 1. The zero-order chi connectivity index (χ0) is 21.5. The van der Waals surface area contributed by atoms with Crippen molar-refractivity contribution in [1.82, 2.24) is 14.3 Å². The van der Waals surface area contributed by atoms with Gasteiger partial charge in [-0.2, -0.15) is 4.31 Å². The summed E-state index contributed by atoms with van der Waals surface area (Å²) in [6, 6.07) is 7.66. The van der Waals surface area contributed by atoms with Crippen LogP contribution in [-0.2, 0) is 10.0 Å². The molecule has 0 unspecified atom stereocenters.